The summed E-state index contributed by atoms with van der Waals surface area (Å²) in [6, 6.07) is 9.94. The third-order valence-electron chi connectivity index (χ3n) is 6.58. The van der Waals surface area contributed by atoms with E-state index in [1.165, 1.54) is 12.4 Å². The van der Waals surface area contributed by atoms with Gasteiger partial charge in [-0.05, 0) is 50.5 Å². The molecule has 11 heteroatoms. The number of nitrogens with zero attached hydrogens (tertiary/aromatic N) is 4. The van der Waals surface area contributed by atoms with Crippen molar-refractivity contribution in [3.8, 4) is 23.0 Å². The maximum atomic E-state index is 14.9. The second kappa shape index (κ2) is 10.4. The van der Waals surface area contributed by atoms with Gasteiger partial charge in [-0.2, -0.15) is 4.98 Å². The number of ether oxygens (including phenoxy) is 2. The number of aromatic nitrogens is 4. The molecule has 1 atom stereocenters. The van der Waals surface area contributed by atoms with Crippen LogP contribution in [0.1, 0.15) is 38.7 Å². The average molecular weight is 559 g/mol. The monoisotopic (exact) mass is 558 g/mol. The van der Waals surface area contributed by atoms with E-state index in [1.54, 1.807) is 41.8 Å². The molecule has 0 bridgehead atoms. The van der Waals surface area contributed by atoms with E-state index in [2.05, 4.69) is 9.97 Å². The topological polar surface area (TPSA) is 99.4 Å². The minimum Gasteiger partial charge on any atom is -0.494 e. The van der Waals surface area contributed by atoms with Crippen molar-refractivity contribution in [1.82, 2.24) is 19.5 Å². The number of carboxylic acid groups (broad SMARTS) is 1. The maximum Gasteiger partial charge on any atom is 0.306 e. The van der Waals surface area contributed by atoms with E-state index in [-0.39, 0.29) is 23.8 Å². The van der Waals surface area contributed by atoms with Gasteiger partial charge in [-0.1, -0.05) is 42.3 Å². The molecule has 1 fully saturated rings. The van der Waals surface area contributed by atoms with Crippen molar-refractivity contribution in [2.24, 2.45) is 5.92 Å². The Morgan fingerprint density at radius 1 is 1.21 bits per heavy atom. The Morgan fingerprint density at radius 3 is 2.71 bits per heavy atom. The van der Waals surface area contributed by atoms with Gasteiger partial charge >= 0.3 is 5.97 Å². The van der Waals surface area contributed by atoms with E-state index in [9.17, 15) is 9.18 Å². The molecule has 2 heterocycles. The van der Waals surface area contributed by atoms with Gasteiger partial charge in [-0.3, -0.25) is 4.79 Å². The number of carboxylic acids is 1. The lowest BCUT2D eigenvalue weighted by Gasteiger charge is -2.13. The molecule has 0 unspecified atom stereocenters. The highest BCUT2D eigenvalue weighted by Crippen LogP contribution is 2.41. The first-order valence-corrected chi connectivity index (χ1v) is 12.9. The molecule has 1 aliphatic carbocycles. The highest BCUT2D eigenvalue weighted by molar-refractivity contribution is 6.33. The summed E-state index contributed by atoms with van der Waals surface area (Å²) in [6.07, 6.45) is 3.59. The normalized spacial score (nSPS) is 14.9. The van der Waals surface area contributed by atoms with Crippen LogP contribution in [0.3, 0.4) is 0 Å². The van der Waals surface area contributed by atoms with E-state index >= 15 is 0 Å². The molecule has 0 spiro atoms. The van der Waals surface area contributed by atoms with Crippen LogP contribution < -0.4 is 9.47 Å². The van der Waals surface area contributed by atoms with Gasteiger partial charge in [0.05, 0.1) is 29.1 Å². The van der Waals surface area contributed by atoms with Crippen molar-refractivity contribution in [2.45, 2.75) is 45.3 Å². The molecule has 198 valence electrons. The minimum atomic E-state index is -0.876. The van der Waals surface area contributed by atoms with Crippen LogP contribution in [0.5, 0.6) is 11.6 Å². The lowest BCUT2D eigenvalue weighted by Crippen LogP contribution is -2.13. The Bertz CT molecular complexity index is 1520. The molecule has 2 aromatic carbocycles. The van der Waals surface area contributed by atoms with E-state index in [4.69, 9.17) is 42.8 Å². The number of rotatable bonds is 10. The zero-order valence-electron chi connectivity index (χ0n) is 20.7. The van der Waals surface area contributed by atoms with Gasteiger partial charge in [0.25, 0.3) is 0 Å². The predicted octanol–water partition coefficient (Wildman–Crippen LogP) is 6.41. The van der Waals surface area contributed by atoms with Crippen molar-refractivity contribution in [2.75, 3.05) is 6.61 Å². The highest BCUT2D eigenvalue weighted by Gasteiger charge is 2.41. The predicted molar refractivity (Wildman–Crippen MR) is 141 cm³/mol. The zero-order chi connectivity index (χ0) is 27.0. The van der Waals surface area contributed by atoms with Crippen molar-refractivity contribution >= 4 is 40.3 Å². The Kier molecular flexibility index (Phi) is 7.15. The Hall–Kier alpha value is -3.43. The van der Waals surface area contributed by atoms with Crippen molar-refractivity contribution in [1.29, 1.82) is 0 Å². The fourth-order valence-corrected chi connectivity index (χ4v) is 4.39. The van der Waals surface area contributed by atoms with Gasteiger partial charge in [-0.15, -0.1) is 0 Å². The molecule has 1 saturated carbocycles. The van der Waals surface area contributed by atoms with Crippen LogP contribution in [0.4, 0.5) is 4.39 Å². The van der Waals surface area contributed by atoms with Gasteiger partial charge in [0.15, 0.2) is 11.2 Å². The fourth-order valence-electron chi connectivity index (χ4n) is 3.94. The summed E-state index contributed by atoms with van der Waals surface area (Å²) < 4.78 is 28.5. The van der Waals surface area contributed by atoms with Gasteiger partial charge < -0.3 is 19.1 Å². The Labute approximate surface area is 228 Å². The summed E-state index contributed by atoms with van der Waals surface area (Å²) in [4.78, 5) is 24.6. The van der Waals surface area contributed by atoms with Crippen molar-refractivity contribution in [3.63, 3.8) is 0 Å². The van der Waals surface area contributed by atoms with E-state index < -0.39 is 17.7 Å². The lowest BCUT2D eigenvalue weighted by atomic mass is 10.1. The molecule has 0 amide bonds. The first-order valence-electron chi connectivity index (χ1n) is 12.1. The highest BCUT2D eigenvalue weighted by atomic mass is 35.5. The molecular formula is C27H25Cl2FN4O4. The molecule has 5 rings (SSSR count). The third-order valence-corrected chi connectivity index (χ3v) is 7.18. The minimum absolute atomic E-state index is 0.0190. The number of hydrogen-bond acceptors (Lipinski definition) is 6. The summed E-state index contributed by atoms with van der Waals surface area (Å²) in [5.41, 5.74) is 1.54. The molecule has 0 radical (unpaired) electrons. The average Bonchev–Trinajstić information content (AvgIpc) is 3.49. The van der Waals surface area contributed by atoms with E-state index in [0.717, 1.165) is 12.8 Å². The summed E-state index contributed by atoms with van der Waals surface area (Å²) in [7, 11) is 0. The molecule has 0 aliphatic heterocycles. The lowest BCUT2D eigenvalue weighted by molar-refractivity contribution is -0.141. The Balaban J connectivity index is 1.54. The molecular weight excluding hydrogens is 534 g/mol. The van der Waals surface area contributed by atoms with Crippen molar-refractivity contribution < 1.29 is 23.8 Å². The molecule has 38 heavy (non-hydrogen) atoms. The summed E-state index contributed by atoms with van der Waals surface area (Å²) in [5.74, 6) is -0.633. The van der Waals surface area contributed by atoms with Gasteiger partial charge in [0.1, 0.15) is 29.3 Å². The third kappa shape index (κ3) is 5.39. The van der Waals surface area contributed by atoms with Crippen LogP contribution in [-0.4, -0.2) is 42.8 Å². The van der Waals surface area contributed by atoms with Crippen LogP contribution in [0.2, 0.25) is 10.0 Å². The molecule has 0 saturated heterocycles. The van der Waals surface area contributed by atoms with E-state index in [0.29, 0.717) is 51.2 Å². The fraction of sp³-hybridized carbons (Fsp3) is 0.333. The quantitative estimate of drug-likeness (QED) is 0.240. The first-order chi connectivity index (χ1) is 18.1. The second-order valence-corrected chi connectivity index (χ2v) is 10.5. The first kappa shape index (κ1) is 26.2. The summed E-state index contributed by atoms with van der Waals surface area (Å²) >= 11 is 12.7. The van der Waals surface area contributed by atoms with Gasteiger partial charge in [0.2, 0.25) is 5.88 Å². The number of aliphatic carboxylic acids is 1. The largest absolute Gasteiger partial charge is 0.494 e. The van der Waals surface area contributed by atoms with Gasteiger partial charge in [-0.25, -0.2) is 14.4 Å². The van der Waals surface area contributed by atoms with Crippen LogP contribution in [0, 0.1) is 11.7 Å². The van der Waals surface area contributed by atoms with Crippen LogP contribution >= 0.6 is 23.2 Å². The number of fused-ring (bicyclic) bond motifs is 1. The summed E-state index contributed by atoms with van der Waals surface area (Å²) in [6.45, 7) is 3.95. The smallest absolute Gasteiger partial charge is 0.306 e. The number of hydrogen-bond donors (Lipinski definition) is 1. The molecule has 2 aromatic heterocycles. The Morgan fingerprint density at radius 2 is 2.00 bits per heavy atom. The standard InChI is InChI=1S/C27H25Cl2FN4O4/c1-15(26(35)36)8-11-37-17-6-7-18(20(29)12-17)23-33-22-24(31-14-32-25(22)38-27(2)9-10-27)34(23)13-16-4-3-5-19(28)21(16)30/h3-7,12,14-15H,8-11,13H2,1-2H3,(H,35,36)/t15-/m1/s1. The molecule has 4 aromatic rings. The number of halogens is 3. The number of imidazole rings is 1. The number of benzene rings is 2. The SMILES string of the molecule is C[C@H](CCOc1ccc(-c2nc3c(OC4(C)CC4)ncnc3n2Cc2cccc(Cl)c2F)c(Cl)c1)C(=O)O. The zero-order valence-corrected chi connectivity index (χ0v) is 22.3. The summed E-state index contributed by atoms with van der Waals surface area (Å²) in [5, 5.41) is 9.43. The second-order valence-electron chi connectivity index (χ2n) is 9.66. The van der Waals surface area contributed by atoms with Crippen molar-refractivity contribution in [3.05, 3.63) is 64.2 Å². The van der Waals surface area contributed by atoms with Gasteiger partial charge in [0, 0.05) is 11.1 Å². The molecule has 1 N–H and O–H groups in total. The van der Waals surface area contributed by atoms with Crippen LogP contribution in [0.15, 0.2) is 42.7 Å². The van der Waals surface area contributed by atoms with E-state index in [1.807, 2.05) is 6.92 Å². The molecule has 8 nitrogen and oxygen atoms in total. The van der Waals surface area contributed by atoms with Crippen LogP contribution in [-0.2, 0) is 11.3 Å². The number of carbonyl (C=O) groups is 1. The van der Waals surface area contributed by atoms with Crippen LogP contribution in [0.25, 0.3) is 22.6 Å². The molecule has 1 aliphatic rings. The maximum absolute atomic E-state index is 14.9.